The molecule has 0 saturated carbocycles. The number of ether oxygens (including phenoxy) is 1. The summed E-state index contributed by atoms with van der Waals surface area (Å²) in [6.07, 6.45) is 0. The number of thioether (sulfide) groups is 2. The summed E-state index contributed by atoms with van der Waals surface area (Å²) in [5, 5.41) is 4.49. The van der Waals surface area contributed by atoms with Crippen molar-refractivity contribution >= 4 is 66.4 Å². The van der Waals surface area contributed by atoms with Crippen molar-refractivity contribution in [3.8, 4) is 0 Å². The van der Waals surface area contributed by atoms with Gasteiger partial charge in [-0.2, -0.15) is 0 Å². The number of thiophene rings is 1. The van der Waals surface area contributed by atoms with Gasteiger partial charge in [0.25, 0.3) is 0 Å². The molecule has 6 heteroatoms. The number of nitrogens with zero attached hydrogens (tertiary/aromatic N) is 2. The molecule has 3 nitrogen and oxygen atoms in total. The number of hydrogen-bond donors (Lipinski definition) is 0. The number of rotatable bonds is 3. The third-order valence-corrected chi connectivity index (χ3v) is 10.3. The Balaban J connectivity index is 1.57. The van der Waals surface area contributed by atoms with Gasteiger partial charge in [-0.15, -0.1) is 11.3 Å². The monoisotopic (exact) mass is 482 g/mol. The van der Waals surface area contributed by atoms with E-state index < -0.39 is 4.93 Å². The van der Waals surface area contributed by atoms with Gasteiger partial charge in [0.05, 0.1) is 21.2 Å². The van der Waals surface area contributed by atoms with Gasteiger partial charge >= 0.3 is 0 Å². The van der Waals surface area contributed by atoms with E-state index in [2.05, 4.69) is 72.8 Å². The second-order valence-electron chi connectivity index (χ2n) is 8.07. The number of methoxy groups -OCH3 is 1. The molecule has 160 valence electrons. The Hall–Kier alpha value is -2.64. The standard InChI is InChI=1S/C27H18N2OS3/c1-30-27-23(29-26(33-27)17-12-6-3-7-13-17)20-18-14-8-9-15-19(18)31-22(20)21-24(27)32-25(28-21)16-10-4-2-5-11-16/h2-15,24H,1H3. The number of aliphatic imine (C=N–C) groups is 2. The molecule has 2 unspecified atom stereocenters. The van der Waals surface area contributed by atoms with Crippen molar-refractivity contribution in [2.24, 2.45) is 9.98 Å². The molecule has 3 aromatic carbocycles. The van der Waals surface area contributed by atoms with Crippen molar-refractivity contribution in [3.63, 3.8) is 0 Å². The average Bonchev–Trinajstić information content (AvgIpc) is 3.58. The topological polar surface area (TPSA) is 34.0 Å². The molecule has 2 atom stereocenters. The van der Waals surface area contributed by atoms with Crippen molar-refractivity contribution in [2.75, 3.05) is 7.11 Å². The van der Waals surface area contributed by atoms with Crippen LogP contribution in [0.1, 0.15) is 11.1 Å². The molecule has 0 radical (unpaired) electrons. The maximum Gasteiger partial charge on any atom is 0.179 e. The fourth-order valence-electron chi connectivity index (χ4n) is 4.72. The lowest BCUT2D eigenvalue weighted by Gasteiger charge is -2.34. The number of fused-ring (bicyclic) bond motifs is 6. The van der Waals surface area contributed by atoms with Crippen LogP contribution in [0.4, 0.5) is 0 Å². The fraction of sp³-hybridized carbons (Fsp3) is 0.111. The maximum absolute atomic E-state index is 6.43. The van der Waals surface area contributed by atoms with Crippen LogP contribution in [0.25, 0.3) is 21.5 Å². The zero-order valence-corrected chi connectivity index (χ0v) is 20.1. The molecule has 7 rings (SSSR count). The molecule has 0 spiro atoms. The van der Waals surface area contributed by atoms with Crippen molar-refractivity contribution in [3.05, 3.63) is 106 Å². The van der Waals surface area contributed by atoms with Crippen LogP contribution < -0.4 is 9.75 Å². The molecule has 2 aliphatic heterocycles. The highest BCUT2D eigenvalue weighted by Gasteiger charge is 2.56. The van der Waals surface area contributed by atoms with E-state index in [4.69, 9.17) is 14.7 Å². The average molecular weight is 483 g/mol. The van der Waals surface area contributed by atoms with Gasteiger partial charge in [-0.25, -0.2) is 9.98 Å². The van der Waals surface area contributed by atoms with Crippen molar-refractivity contribution in [1.82, 2.24) is 0 Å². The summed E-state index contributed by atoms with van der Waals surface area (Å²) < 4.78 is 8.91. The summed E-state index contributed by atoms with van der Waals surface area (Å²) in [7, 11) is 1.81. The van der Waals surface area contributed by atoms with E-state index in [0.29, 0.717) is 0 Å². The molecule has 0 bridgehead atoms. The Bertz CT molecular complexity index is 1610. The van der Waals surface area contributed by atoms with Crippen molar-refractivity contribution in [2.45, 2.75) is 10.2 Å². The van der Waals surface area contributed by atoms with Crippen LogP contribution in [0.15, 0.2) is 94.9 Å². The van der Waals surface area contributed by atoms with Gasteiger partial charge in [0, 0.05) is 33.5 Å². The van der Waals surface area contributed by atoms with Crippen LogP contribution in [0, 0.1) is 0 Å². The zero-order valence-electron chi connectivity index (χ0n) is 17.7. The normalized spacial score (nSPS) is 23.2. The summed E-state index contributed by atoms with van der Waals surface area (Å²) in [6.45, 7) is 0. The SMILES string of the molecule is COC12SC(c3ccccc3)=NC1=c1c(sc3ccccc13)=C1N=C(c3ccccc3)SC12. The molecule has 1 aliphatic carbocycles. The molecule has 3 aliphatic rings. The largest absolute Gasteiger partial charge is 0.360 e. The molecule has 0 saturated heterocycles. The van der Waals surface area contributed by atoms with Crippen LogP contribution in [-0.4, -0.2) is 27.4 Å². The highest BCUT2D eigenvalue weighted by molar-refractivity contribution is 8.19. The van der Waals surface area contributed by atoms with Gasteiger partial charge in [0.1, 0.15) is 10.1 Å². The Morgan fingerprint density at radius 3 is 2.18 bits per heavy atom. The van der Waals surface area contributed by atoms with E-state index in [9.17, 15) is 0 Å². The Labute approximate surface area is 203 Å². The van der Waals surface area contributed by atoms with Gasteiger partial charge in [-0.1, -0.05) is 102 Å². The third-order valence-electron chi connectivity index (χ3n) is 6.25. The molecule has 33 heavy (non-hydrogen) atoms. The first-order chi connectivity index (χ1) is 16.3. The maximum atomic E-state index is 6.43. The molecule has 0 fully saturated rings. The molecule has 3 heterocycles. The fourth-order valence-corrected chi connectivity index (χ4v) is 8.82. The van der Waals surface area contributed by atoms with E-state index in [1.807, 2.05) is 30.6 Å². The van der Waals surface area contributed by atoms with Crippen molar-refractivity contribution in [1.29, 1.82) is 0 Å². The van der Waals surface area contributed by atoms with E-state index in [1.54, 1.807) is 23.5 Å². The molecule has 0 N–H and O–H groups in total. The molecule has 4 aromatic rings. The lowest BCUT2D eigenvalue weighted by atomic mass is 10.0. The highest BCUT2D eigenvalue weighted by Crippen LogP contribution is 2.56. The van der Waals surface area contributed by atoms with Gasteiger partial charge in [-0.3, -0.25) is 0 Å². The quantitative estimate of drug-likeness (QED) is 0.401. The van der Waals surface area contributed by atoms with Gasteiger partial charge in [-0.05, 0) is 6.07 Å². The first kappa shape index (κ1) is 19.8. The van der Waals surface area contributed by atoms with Crippen LogP contribution in [0.3, 0.4) is 0 Å². The van der Waals surface area contributed by atoms with E-state index in [0.717, 1.165) is 32.6 Å². The summed E-state index contributed by atoms with van der Waals surface area (Å²) in [6, 6.07) is 29.5. The second kappa shape index (κ2) is 7.43. The zero-order chi connectivity index (χ0) is 22.0. The minimum atomic E-state index is -0.623. The third kappa shape index (κ3) is 2.81. The van der Waals surface area contributed by atoms with Gasteiger partial charge in [0.15, 0.2) is 4.93 Å². The first-order valence-electron chi connectivity index (χ1n) is 10.7. The predicted octanol–water partition coefficient (Wildman–Crippen LogP) is 5.23. The smallest absolute Gasteiger partial charge is 0.179 e. The lowest BCUT2D eigenvalue weighted by Crippen LogP contribution is -2.48. The second-order valence-corrected chi connectivity index (χ2v) is 11.4. The number of benzene rings is 3. The molecular weight excluding hydrogens is 465 g/mol. The van der Waals surface area contributed by atoms with Crippen LogP contribution in [0.5, 0.6) is 0 Å². The minimum absolute atomic E-state index is 0.0308. The number of hydrogen-bond acceptors (Lipinski definition) is 6. The summed E-state index contributed by atoms with van der Waals surface area (Å²) in [5.41, 5.74) is 4.40. The minimum Gasteiger partial charge on any atom is -0.360 e. The van der Waals surface area contributed by atoms with Crippen LogP contribution in [-0.2, 0) is 4.74 Å². The van der Waals surface area contributed by atoms with E-state index in [-0.39, 0.29) is 5.25 Å². The highest BCUT2D eigenvalue weighted by atomic mass is 32.2. The van der Waals surface area contributed by atoms with Crippen molar-refractivity contribution < 1.29 is 4.74 Å². The Morgan fingerprint density at radius 2 is 1.45 bits per heavy atom. The summed E-state index contributed by atoms with van der Waals surface area (Å²) in [4.78, 5) is 9.84. The summed E-state index contributed by atoms with van der Waals surface area (Å²) >= 11 is 5.34. The molecule has 1 aromatic heterocycles. The van der Waals surface area contributed by atoms with E-state index >= 15 is 0 Å². The van der Waals surface area contributed by atoms with Crippen LogP contribution >= 0.6 is 34.9 Å². The lowest BCUT2D eigenvalue weighted by molar-refractivity contribution is 0.127. The summed E-state index contributed by atoms with van der Waals surface area (Å²) in [5.74, 6) is 0. The Morgan fingerprint density at radius 1 is 0.788 bits per heavy atom. The predicted molar refractivity (Wildman–Crippen MR) is 143 cm³/mol. The first-order valence-corrected chi connectivity index (χ1v) is 13.3. The van der Waals surface area contributed by atoms with Gasteiger partial charge < -0.3 is 4.74 Å². The van der Waals surface area contributed by atoms with Gasteiger partial charge in [0.2, 0.25) is 0 Å². The van der Waals surface area contributed by atoms with E-state index in [1.165, 1.54) is 19.8 Å². The molecular formula is C27H18N2OS3. The Kier molecular flexibility index (Phi) is 4.46. The van der Waals surface area contributed by atoms with Crippen LogP contribution in [0.2, 0.25) is 0 Å². The molecule has 0 amide bonds.